The molecule has 132 valence electrons. The Bertz CT molecular complexity index is 549. The Kier molecular flexibility index (Phi) is 13.7. The number of unbranched alkanes of at least 4 members (excludes halogenated alkanes) is 8. The Morgan fingerprint density at radius 1 is 0.917 bits per heavy atom. The van der Waals surface area contributed by atoms with Crippen molar-refractivity contribution in [1.82, 2.24) is 0 Å². The van der Waals surface area contributed by atoms with Crippen LogP contribution in [0, 0.1) is 0 Å². The molecule has 0 saturated heterocycles. The molecule has 24 heavy (non-hydrogen) atoms. The van der Waals surface area contributed by atoms with Crippen LogP contribution in [0.5, 0.6) is 5.75 Å². The Morgan fingerprint density at radius 3 is 1.96 bits per heavy atom. The minimum atomic E-state index is -4.16. The van der Waals surface area contributed by atoms with Gasteiger partial charge in [0, 0.05) is 6.42 Å². The molecule has 0 heterocycles. The molecule has 4 nitrogen and oxygen atoms in total. The number of hydrogen-bond acceptors (Lipinski definition) is 4. The Balaban J connectivity index is 0. The minimum absolute atomic E-state index is 0. The first-order valence-electron chi connectivity index (χ1n) is 8.58. The van der Waals surface area contributed by atoms with Crippen LogP contribution < -0.4 is 33.7 Å². The van der Waals surface area contributed by atoms with Crippen LogP contribution in [0.1, 0.15) is 72.6 Å². The molecule has 0 aliphatic rings. The first-order chi connectivity index (χ1) is 11.1. The van der Waals surface area contributed by atoms with E-state index in [4.69, 9.17) is 4.18 Å². The maximum atomic E-state index is 11.8. The van der Waals surface area contributed by atoms with Gasteiger partial charge in [-0.15, -0.1) is 0 Å². The molecule has 6 heteroatoms. The molecule has 0 spiro atoms. The predicted molar refractivity (Wildman–Crippen MR) is 94.0 cm³/mol. The van der Waals surface area contributed by atoms with Gasteiger partial charge in [0.25, 0.3) is 5.12 Å². The van der Waals surface area contributed by atoms with Gasteiger partial charge in [-0.25, -0.2) is 0 Å². The monoisotopic (exact) mass is 364 g/mol. The van der Waals surface area contributed by atoms with Crippen molar-refractivity contribution in [3.63, 3.8) is 0 Å². The third kappa shape index (κ3) is 10.5. The fourth-order valence-corrected chi connectivity index (χ4v) is 3.21. The molecule has 0 amide bonds. The maximum absolute atomic E-state index is 11.8. The minimum Gasteiger partial charge on any atom is -1.00 e. The van der Waals surface area contributed by atoms with Crippen molar-refractivity contribution in [2.75, 3.05) is 0 Å². The summed E-state index contributed by atoms with van der Waals surface area (Å²) in [5.74, 6) is 0.174. The van der Waals surface area contributed by atoms with Gasteiger partial charge in [-0.2, -0.15) is 8.42 Å². The number of hydrogen-bond donors (Lipinski definition) is 0. The van der Waals surface area contributed by atoms with Crippen molar-refractivity contribution in [3.05, 3.63) is 30.3 Å². The standard InChI is InChI=1S/C18H28O4S.Na.H/c1-2-3-4-5-6-7-8-9-13-16-18(19)23(20,21)22-17-14-11-10-12-15-17;;/h10-12,14-15H,2-9,13,16H2,1H3;;/q;+1;-1. The van der Waals surface area contributed by atoms with Crippen molar-refractivity contribution in [2.24, 2.45) is 0 Å². The summed E-state index contributed by atoms with van der Waals surface area (Å²) in [6, 6.07) is 8.11. The first-order valence-corrected chi connectivity index (χ1v) is 9.99. The van der Waals surface area contributed by atoms with Crippen molar-refractivity contribution in [3.8, 4) is 5.75 Å². The summed E-state index contributed by atoms with van der Waals surface area (Å²) in [6.45, 7) is 2.20. The molecule has 0 unspecified atom stereocenters. The number of para-hydroxylation sites is 1. The van der Waals surface area contributed by atoms with Gasteiger partial charge in [0.15, 0.2) is 0 Å². The van der Waals surface area contributed by atoms with Crippen molar-refractivity contribution in [2.45, 2.75) is 71.1 Å². The summed E-state index contributed by atoms with van der Waals surface area (Å²) in [7, 11) is -4.16. The molecule has 1 aromatic rings. The van der Waals surface area contributed by atoms with Gasteiger partial charge in [0.1, 0.15) is 5.75 Å². The van der Waals surface area contributed by atoms with Gasteiger partial charge in [-0.1, -0.05) is 76.5 Å². The summed E-state index contributed by atoms with van der Waals surface area (Å²) < 4.78 is 28.4. The molecule has 1 rings (SSSR count). The van der Waals surface area contributed by atoms with Crippen LogP contribution in [0.3, 0.4) is 0 Å². The summed E-state index contributed by atoms with van der Waals surface area (Å²) in [5, 5.41) is -0.829. The van der Waals surface area contributed by atoms with E-state index in [9.17, 15) is 13.2 Å². The van der Waals surface area contributed by atoms with E-state index in [0.29, 0.717) is 6.42 Å². The molecular weight excluding hydrogens is 335 g/mol. The van der Waals surface area contributed by atoms with Crippen LogP contribution in [-0.4, -0.2) is 13.5 Å². The van der Waals surface area contributed by atoms with Crippen molar-refractivity contribution >= 4 is 15.2 Å². The number of carbonyl (C=O) groups is 1. The van der Waals surface area contributed by atoms with Crippen LogP contribution in [0.4, 0.5) is 0 Å². The zero-order valence-electron chi connectivity index (χ0n) is 16.0. The molecule has 0 aliphatic heterocycles. The van der Waals surface area contributed by atoms with Crippen molar-refractivity contribution < 1.29 is 48.4 Å². The normalized spacial score (nSPS) is 10.9. The second-order valence-corrected chi connectivity index (χ2v) is 7.33. The third-order valence-corrected chi connectivity index (χ3v) is 4.89. The average Bonchev–Trinajstić information content (AvgIpc) is 2.53. The van der Waals surface area contributed by atoms with E-state index in [-0.39, 0.29) is 43.2 Å². The van der Waals surface area contributed by atoms with E-state index in [1.54, 1.807) is 18.2 Å². The molecule has 0 fully saturated rings. The third-order valence-electron chi connectivity index (χ3n) is 3.71. The summed E-state index contributed by atoms with van der Waals surface area (Å²) in [5.41, 5.74) is 0. The largest absolute Gasteiger partial charge is 1.00 e. The molecule has 0 atom stereocenters. The zero-order valence-corrected chi connectivity index (χ0v) is 17.8. The van der Waals surface area contributed by atoms with Crippen molar-refractivity contribution in [1.29, 1.82) is 0 Å². The summed E-state index contributed by atoms with van der Waals surface area (Å²) in [6.07, 6.45) is 10.1. The number of carbonyl (C=O) groups excluding carboxylic acids is 1. The smallest absolute Gasteiger partial charge is 1.00 e. The molecule has 0 aromatic heterocycles. The van der Waals surface area contributed by atoms with E-state index < -0.39 is 15.2 Å². The Labute approximate surface area is 170 Å². The summed E-state index contributed by atoms with van der Waals surface area (Å²) in [4.78, 5) is 11.8. The summed E-state index contributed by atoms with van der Waals surface area (Å²) >= 11 is 0. The SMILES string of the molecule is CCCCCCCCCCCC(=O)S(=O)(=O)Oc1ccccc1.[H-].[Na+]. The van der Waals surface area contributed by atoms with E-state index >= 15 is 0 Å². The molecule has 0 bridgehead atoms. The second-order valence-electron chi connectivity index (χ2n) is 5.80. The van der Waals surface area contributed by atoms with Gasteiger partial charge in [0.05, 0.1) is 0 Å². The van der Waals surface area contributed by atoms with Gasteiger partial charge in [-0.05, 0) is 18.6 Å². The van der Waals surface area contributed by atoms with E-state index in [1.807, 2.05) is 0 Å². The second kappa shape index (κ2) is 13.9. The molecular formula is C18H29NaO4S. The van der Waals surface area contributed by atoms with Crippen LogP contribution in [0.25, 0.3) is 0 Å². The number of rotatable bonds is 12. The van der Waals surface area contributed by atoms with Crippen LogP contribution in [0.2, 0.25) is 0 Å². The van der Waals surface area contributed by atoms with E-state index in [2.05, 4.69) is 6.92 Å². The van der Waals surface area contributed by atoms with Crippen LogP contribution in [0.15, 0.2) is 30.3 Å². The molecule has 0 saturated carbocycles. The van der Waals surface area contributed by atoms with E-state index in [0.717, 1.165) is 19.3 Å². The first kappa shape index (κ1) is 23.6. The van der Waals surface area contributed by atoms with Gasteiger partial charge >= 0.3 is 39.7 Å². The average molecular weight is 364 g/mol. The Hall–Kier alpha value is -0.360. The van der Waals surface area contributed by atoms with Crippen LogP contribution >= 0.6 is 0 Å². The zero-order chi connectivity index (χ0) is 17.0. The van der Waals surface area contributed by atoms with Gasteiger partial charge in [-0.3, -0.25) is 4.79 Å². The maximum Gasteiger partial charge on any atom is 1.00 e. The van der Waals surface area contributed by atoms with E-state index in [1.165, 1.54) is 44.2 Å². The molecule has 0 radical (unpaired) electrons. The molecule has 0 aliphatic carbocycles. The molecule has 1 aromatic carbocycles. The fourth-order valence-electron chi connectivity index (χ4n) is 2.35. The van der Waals surface area contributed by atoms with Crippen LogP contribution in [-0.2, 0) is 14.9 Å². The van der Waals surface area contributed by atoms with Gasteiger partial charge < -0.3 is 5.61 Å². The van der Waals surface area contributed by atoms with Gasteiger partial charge in [0.2, 0.25) is 0 Å². The number of benzene rings is 1. The fraction of sp³-hybridized carbons (Fsp3) is 0.611. The predicted octanol–water partition coefficient (Wildman–Crippen LogP) is 1.96. The topological polar surface area (TPSA) is 60.4 Å². The Morgan fingerprint density at radius 2 is 1.42 bits per heavy atom. The quantitative estimate of drug-likeness (QED) is 0.323. The molecule has 0 N–H and O–H groups in total.